The van der Waals surface area contributed by atoms with Crippen LogP contribution < -0.4 is 15.4 Å². The van der Waals surface area contributed by atoms with Gasteiger partial charge in [0.1, 0.15) is 11.8 Å². The Morgan fingerprint density at radius 2 is 2.13 bits per heavy atom. The summed E-state index contributed by atoms with van der Waals surface area (Å²) < 4.78 is 6.33. The van der Waals surface area contributed by atoms with Gasteiger partial charge in [0, 0.05) is 16.8 Å². The molecular weight excluding hydrogens is 307 g/mol. The van der Waals surface area contributed by atoms with Gasteiger partial charge >= 0.3 is 5.97 Å². The molecule has 4 nitrogen and oxygen atoms in total. The summed E-state index contributed by atoms with van der Waals surface area (Å²) in [5, 5.41) is 6.04. The number of rotatable bonds is 2. The summed E-state index contributed by atoms with van der Waals surface area (Å²) in [5.74, 6) is 0.357. The second-order valence-corrected chi connectivity index (χ2v) is 4.51. The number of benzene rings is 1. The molecule has 2 rings (SSSR count). The number of hydrogen-bond acceptors (Lipinski definition) is 4. The summed E-state index contributed by atoms with van der Waals surface area (Å²) in [6.45, 7) is 1.29. The Morgan fingerprint density at radius 1 is 1.40 bits per heavy atom. The zero-order chi connectivity index (χ0) is 10.7. The largest absolute Gasteiger partial charge is 0.425 e. The molecule has 5 heteroatoms. The molecule has 0 aromatic heterocycles. The molecule has 0 amide bonds. The van der Waals surface area contributed by atoms with Crippen LogP contribution in [0.25, 0.3) is 0 Å². The lowest BCUT2D eigenvalue weighted by Gasteiger charge is -2.08. The number of carbonyl (C=O) groups is 1. The van der Waals surface area contributed by atoms with Crippen molar-refractivity contribution in [1.82, 2.24) is 10.6 Å². The Morgan fingerprint density at radius 3 is 2.73 bits per heavy atom. The van der Waals surface area contributed by atoms with E-state index in [4.69, 9.17) is 4.74 Å². The van der Waals surface area contributed by atoms with E-state index in [1.807, 2.05) is 12.1 Å². The molecule has 1 atom stereocenters. The lowest BCUT2D eigenvalue weighted by molar-refractivity contribution is -0.136. The molecule has 1 unspecified atom stereocenters. The first-order chi connectivity index (χ1) is 7.25. The summed E-state index contributed by atoms with van der Waals surface area (Å²) >= 11 is 2.21. The normalized spacial score (nSPS) is 20.2. The van der Waals surface area contributed by atoms with Crippen molar-refractivity contribution in [2.75, 3.05) is 13.2 Å². The molecule has 0 spiro atoms. The summed E-state index contributed by atoms with van der Waals surface area (Å²) in [5.41, 5.74) is 0. The summed E-state index contributed by atoms with van der Waals surface area (Å²) in [7, 11) is 0. The number of halogens is 1. The van der Waals surface area contributed by atoms with Crippen molar-refractivity contribution < 1.29 is 9.53 Å². The molecule has 0 saturated carbocycles. The van der Waals surface area contributed by atoms with Crippen LogP contribution in [-0.2, 0) is 4.79 Å². The average molecular weight is 318 g/mol. The fourth-order valence-electron chi connectivity index (χ4n) is 1.34. The van der Waals surface area contributed by atoms with Gasteiger partial charge in [-0.1, -0.05) is 0 Å². The molecule has 15 heavy (non-hydrogen) atoms. The fraction of sp³-hybridized carbons (Fsp3) is 0.300. The SMILES string of the molecule is O=C(Oc1ccc(I)cc1)C1CNCN1. The van der Waals surface area contributed by atoms with Gasteiger partial charge in [-0.05, 0) is 46.9 Å². The minimum atomic E-state index is -0.235. The predicted molar refractivity (Wildman–Crippen MR) is 64.6 cm³/mol. The fourth-order valence-corrected chi connectivity index (χ4v) is 1.70. The van der Waals surface area contributed by atoms with Gasteiger partial charge in [0.05, 0.1) is 0 Å². The van der Waals surface area contributed by atoms with Crippen molar-refractivity contribution in [3.05, 3.63) is 27.8 Å². The second kappa shape index (κ2) is 4.91. The Balaban J connectivity index is 1.96. The maximum absolute atomic E-state index is 11.6. The van der Waals surface area contributed by atoms with Crippen LogP contribution in [0.1, 0.15) is 0 Å². The van der Waals surface area contributed by atoms with Crippen molar-refractivity contribution in [3.8, 4) is 5.75 Å². The van der Waals surface area contributed by atoms with Gasteiger partial charge < -0.3 is 10.1 Å². The lowest BCUT2D eigenvalue weighted by atomic mass is 10.3. The maximum Gasteiger partial charge on any atom is 0.329 e. The van der Waals surface area contributed by atoms with E-state index < -0.39 is 0 Å². The van der Waals surface area contributed by atoms with Gasteiger partial charge in [0.2, 0.25) is 0 Å². The zero-order valence-electron chi connectivity index (χ0n) is 8.00. The Bertz CT molecular complexity index is 347. The predicted octanol–water partition coefficient (Wildman–Crippen LogP) is 0.715. The van der Waals surface area contributed by atoms with E-state index >= 15 is 0 Å². The van der Waals surface area contributed by atoms with E-state index in [9.17, 15) is 4.79 Å². The molecule has 1 aliphatic heterocycles. The molecule has 0 bridgehead atoms. The minimum Gasteiger partial charge on any atom is -0.425 e. The highest BCUT2D eigenvalue weighted by atomic mass is 127. The molecule has 1 saturated heterocycles. The van der Waals surface area contributed by atoms with Crippen molar-refractivity contribution in [1.29, 1.82) is 0 Å². The third-order valence-corrected chi connectivity index (χ3v) is 2.86. The van der Waals surface area contributed by atoms with Gasteiger partial charge in [-0.2, -0.15) is 0 Å². The Kier molecular flexibility index (Phi) is 3.55. The van der Waals surface area contributed by atoms with Crippen molar-refractivity contribution >= 4 is 28.6 Å². The molecule has 1 fully saturated rings. The van der Waals surface area contributed by atoms with E-state index in [0.717, 1.165) is 3.57 Å². The van der Waals surface area contributed by atoms with E-state index in [0.29, 0.717) is 19.0 Å². The Hall–Kier alpha value is -0.660. The molecule has 1 heterocycles. The minimum absolute atomic E-state index is 0.232. The summed E-state index contributed by atoms with van der Waals surface area (Å²) in [4.78, 5) is 11.6. The molecule has 1 aromatic carbocycles. The average Bonchev–Trinajstić information content (AvgIpc) is 2.74. The third kappa shape index (κ3) is 2.90. The molecule has 80 valence electrons. The highest BCUT2D eigenvalue weighted by Crippen LogP contribution is 2.14. The highest BCUT2D eigenvalue weighted by molar-refractivity contribution is 14.1. The van der Waals surface area contributed by atoms with Crippen LogP contribution in [0.2, 0.25) is 0 Å². The maximum atomic E-state index is 11.6. The molecule has 0 aliphatic carbocycles. The van der Waals surface area contributed by atoms with Crippen LogP contribution >= 0.6 is 22.6 Å². The van der Waals surface area contributed by atoms with Crippen LogP contribution in [0.4, 0.5) is 0 Å². The van der Waals surface area contributed by atoms with Gasteiger partial charge in [-0.15, -0.1) is 0 Å². The van der Waals surface area contributed by atoms with Crippen LogP contribution in [-0.4, -0.2) is 25.2 Å². The van der Waals surface area contributed by atoms with Gasteiger partial charge in [-0.25, -0.2) is 4.79 Å². The van der Waals surface area contributed by atoms with Crippen molar-refractivity contribution in [2.45, 2.75) is 6.04 Å². The van der Waals surface area contributed by atoms with Crippen LogP contribution in [0, 0.1) is 3.57 Å². The van der Waals surface area contributed by atoms with Crippen LogP contribution in [0.3, 0.4) is 0 Å². The zero-order valence-corrected chi connectivity index (χ0v) is 10.2. The van der Waals surface area contributed by atoms with E-state index in [1.165, 1.54) is 0 Å². The first kappa shape index (κ1) is 10.8. The summed E-state index contributed by atoms with van der Waals surface area (Å²) in [6.07, 6.45) is 0. The van der Waals surface area contributed by atoms with E-state index in [2.05, 4.69) is 33.2 Å². The molecule has 1 aliphatic rings. The number of ether oxygens (including phenoxy) is 1. The summed E-state index contributed by atoms with van der Waals surface area (Å²) in [6, 6.07) is 7.17. The van der Waals surface area contributed by atoms with Gasteiger partial charge in [0.25, 0.3) is 0 Å². The van der Waals surface area contributed by atoms with Crippen LogP contribution in [0.5, 0.6) is 5.75 Å². The smallest absolute Gasteiger partial charge is 0.329 e. The van der Waals surface area contributed by atoms with Gasteiger partial charge in [0.15, 0.2) is 0 Å². The van der Waals surface area contributed by atoms with E-state index in [-0.39, 0.29) is 12.0 Å². The molecular formula is C10H11IN2O2. The van der Waals surface area contributed by atoms with Gasteiger partial charge in [-0.3, -0.25) is 5.32 Å². The highest BCUT2D eigenvalue weighted by Gasteiger charge is 2.23. The molecule has 0 radical (unpaired) electrons. The monoisotopic (exact) mass is 318 g/mol. The lowest BCUT2D eigenvalue weighted by Crippen LogP contribution is -2.36. The standard InChI is InChI=1S/C10H11IN2O2/c11-7-1-3-8(4-2-7)15-10(14)9-5-12-6-13-9/h1-4,9,12-13H,5-6H2. The Labute approximate surface area is 102 Å². The molecule has 2 N–H and O–H groups in total. The second-order valence-electron chi connectivity index (χ2n) is 3.26. The first-order valence-corrected chi connectivity index (χ1v) is 5.75. The van der Waals surface area contributed by atoms with E-state index in [1.54, 1.807) is 12.1 Å². The quantitative estimate of drug-likeness (QED) is 0.479. The third-order valence-electron chi connectivity index (χ3n) is 2.14. The first-order valence-electron chi connectivity index (χ1n) is 4.67. The number of nitrogens with one attached hydrogen (secondary N) is 2. The van der Waals surface area contributed by atoms with Crippen molar-refractivity contribution in [2.24, 2.45) is 0 Å². The number of carbonyl (C=O) groups excluding carboxylic acids is 1. The number of hydrogen-bond donors (Lipinski definition) is 2. The topological polar surface area (TPSA) is 50.4 Å². The number of esters is 1. The van der Waals surface area contributed by atoms with Crippen LogP contribution in [0.15, 0.2) is 24.3 Å². The van der Waals surface area contributed by atoms with Crippen molar-refractivity contribution in [3.63, 3.8) is 0 Å². The molecule has 1 aromatic rings.